The van der Waals surface area contributed by atoms with Gasteiger partial charge in [0.15, 0.2) is 0 Å². The van der Waals surface area contributed by atoms with Crippen molar-refractivity contribution in [1.29, 1.82) is 0 Å². The smallest absolute Gasteiger partial charge is 0.255 e. The van der Waals surface area contributed by atoms with Crippen LogP contribution in [0.4, 0.5) is 5.69 Å². The molecule has 26 heavy (non-hydrogen) atoms. The molecule has 1 aromatic heterocycles. The molecule has 0 saturated heterocycles. The van der Waals surface area contributed by atoms with Gasteiger partial charge in [-0.3, -0.25) is 4.79 Å². The fraction of sp³-hybridized carbons (Fsp3) is 0.190. The van der Waals surface area contributed by atoms with Gasteiger partial charge in [-0.05, 0) is 67.4 Å². The Morgan fingerprint density at radius 3 is 2.54 bits per heavy atom. The number of rotatable bonds is 5. The van der Waals surface area contributed by atoms with Crippen molar-refractivity contribution >= 4 is 11.6 Å². The SMILES string of the molecule is COc1ccc(NC(=O)c2ccc(C)c(C)c2)cc1-c1ccc(CO)o1. The molecule has 5 heteroatoms. The van der Waals surface area contributed by atoms with E-state index in [1.165, 1.54) is 0 Å². The van der Waals surface area contributed by atoms with Crippen LogP contribution in [0.2, 0.25) is 0 Å². The van der Waals surface area contributed by atoms with Crippen molar-refractivity contribution < 1.29 is 19.1 Å². The zero-order valence-corrected chi connectivity index (χ0v) is 15.0. The van der Waals surface area contributed by atoms with Gasteiger partial charge in [0, 0.05) is 11.3 Å². The number of aryl methyl sites for hydroxylation is 2. The van der Waals surface area contributed by atoms with Gasteiger partial charge < -0.3 is 19.6 Å². The van der Waals surface area contributed by atoms with Gasteiger partial charge in [0.05, 0.1) is 12.7 Å². The third kappa shape index (κ3) is 3.63. The second-order valence-corrected chi connectivity index (χ2v) is 6.09. The fourth-order valence-electron chi connectivity index (χ4n) is 2.67. The maximum absolute atomic E-state index is 12.5. The van der Waals surface area contributed by atoms with E-state index >= 15 is 0 Å². The van der Waals surface area contributed by atoms with Crippen molar-refractivity contribution in [3.05, 3.63) is 71.0 Å². The molecular formula is C21H21NO4. The third-order valence-corrected chi connectivity index (χ3v) is 4.31. The number of anilines is 1. The lowest BCUT2D eigenvalue weighted by Crippen LogP contribution is -2.12. The first-order valence-corrected chi connectivity index (χ1v) is 8.28. The van der Waals surface area contributed by atoms with E-state index in [4.69, 9.17) is 9.15 Å². The van der Waals surface area contributed by atoms with E-state index in [9.17, 15) is 9.90 Å². The first kappa shape index (κ1) is 17.8. The predicted molar refractivity (Wildman–Crippen MR) is 100 cm³/mol. The van der Waals surface area contributed by atoms with Crippen LogP contribution in [0.1, 0.15) is 27.2 Å². The molecule has 134 valence electrons. The van der Waals surface area contributed by atoms with Gasteiger partial charge >= 0.3 is 0 Å². The Labute approximate surface area is 152 Å². The Kier molecular flexibility index (Phi) is 5.09. The van der Waals surface area contributed by atoms with Crippen molar-refractivity contribution in [3.8, 4) is 17.1 Å². The van der Waals surface area contributed by atoms with Gasteiger partial charge in [0.1, 0.15) is 23.9 Å². The summed E-state index contributed by atoms with van der Waals surface area (Å²) < 4.78 is 11.0. The standard InChI is InChI=1S/C21H21NO4/c1-13-4-5-15(10-14(13)2)21(24)22-16-6-8-19(25-3)18(11-16)20-9-7-17(12-23)26-20/h4-11,23H,12H2,1-3H3,(H,22,24). The van der Waals surface area contributed by atoms with Crippen molar-refractivity contribution in [3.63, 3.8) is 0 Å². The molecule has 1 heterocycles. The Morgan fingerprint density at radius 1 is 1.08 bits per heavy atom. The second-order valence-electron chi connectivity index (χ2n) is 6.09. The largest absolute Gasteiger partial charge is 0.496 e. The van der Waals surface area contributed by atoms with Crippen molar-refractivity contribution in [2.24, 2.45) is 0 Å². The molecular weight excluding hydrogens is 330 g/mol. The average Bonchev–Trinajstić information content (AvgIpc) is 3.13. The van der Waals surface area contributed by atoms with E-state index in [1.54, 1.807) is 37.4 Å². The number of methoxy groups -OCH3 is 1. The van der Waals surface area contributed by atoms with Crippen LogP contribution >= 0.6 is 0 Å². The first-order valence-electron chi connectivity index (χ1n) is 8.28. The van der Waals surface area contributed by atoms with E-state index in [2.05, 4.69) is 5.32 Å². The van der Waals surface area contributed by atoms with Gasteiger partial charge in [-0.25, -0.2) is 0 Å². The number of aliphatic hydroxyl groups is 1. The van der Waals surface area contributed by atoms with E-state index in [0.29, 0.717) is 34.1 Å². The number of furan rings is 1. The summed E-state index contributed by atoms with van der Waals surface area (Å²) >= 11 is 0. The third-order valence-electron chi connectivity index (χ3n) is 4.31. The van der Waals surface area contributed by atoms with Crippen LogP contribution in [-0.2, 0) is 6.61 Å². The molecule has 0 aliphatic carbocycles. The van der Waals surface area contributed by atoms with E-state index in [-0.39, 0.29) is 12.5 Å². The average molecular weight is 351 g/mol. The number of carbonyl (C=O) groups is 1. The van der Waals surface area contributed by atoms with E-state index in [1.807, 2.05) is 32.0 Å². The molecule has 5 nitrogen and oxygen atoms in total. The number of amides is 1. The minimum Gasteiger partial charge on any atom is -0.496 e. The monoisotopic (exact) mass is 351 g/mol. The highest BCUT2D eigenvalue weighted by Gasteiger charge is 2.13. The molecule has 0 spiro atoms. The lowest BCUT2D eigenvalue weighted by atomic mass is 10.1. The van der Waals surface area contributed by atoms with Crippen LogP contribution in [-0.4, -0.2) is 18.1 Å². The molecule has 3 aromatic rings. The molecule has 0 bridgehead atoms. The second kappa shape index (κ2) is 7.45. The molecule has 1 amide bonds. The van der Waals surface area contributed by atoms with Crippen molar-refractivity contribution in [2.75, 3.05) is 12.4 Å². The summed E-state index contributed by atoms with van der Waals surface area (Å²) in [5, 5.41) is 12.1. The van der Waals surface area contributed by atoms with Gasteiger partial charge in [0.25, 0.3) is 5.91 Å². The topological polar surface area (TPSA) is 71.7 Å². The van der Waals surface area contributed by atoms with Crippen LogP contribution in [0.25, 0.3) is 11.3 Å². The highest BCUT2D eigenvalue weighted by atomic mass is 16.5. The number of hydrogen-bond acceptors (Lipinski definition) is 4. The Balaban J connectivity index is 1.89. The molecule has 3 rings (SSSR count). The summed E-state index contributed by atoms with van der Waals surface area (Å²) in [5.41, 5.74) is 4.15. The molecule has 2 aromatic carbocycles. The lowest BCUT2D eigenvalue weighted by molar-refractivity contribution is 0.102. The molecule has 0 atom stereocenters. The highest BCUT2D eigenvalue weighted by Crippen LogP contribution is 2.34. The summed E-state index contributed by atoms with van der Waals surface area (Å²) in [4.78, 5) is 12.5. The highest BCUT2D eigenvalue weighted by molar-refractivity contribution is 6.04. The maximum Gasteiger partial charge on any atom is 0.255 e. The summed E-state index contributed by atoms with van der Waals surface area (Å²) in [6, 6.07) is 14.4. The van der Waals surface area contributed by atoms with Crippen LogP contribution in [0.5, 0.6) is 5.75 Å². The molecule has 0 aliphatic heterocycles. The first-order chi connectivity index (χ1) is 12.5. The zero-order valence-electron chi connectivity index (χ0n) is 15.0. The molecule has 0 aliphatic rings. The lowest BCUT2D eigenvalue weighted by Gasteiger charge is -2.11. The summed E-state index contributed by atoms with van der Waals surface area (Å²) in [7, 11) is 1.57. The minimum absolute atomic E-state index is 0.175. The zero-order chi connectivity index (χ0) is 18.7. The normalized spacial score (nSPS) is 10.6. The van der Waals surface area contributed by atoms with Crippen molar-refractivity contribution in [2.45, 2.75) is 20.5 Å². The Hall–Kier alpha value is -3.05. The minimum atomic E-state index is -0.181. The van der Waals surface area contributed by atoms with Crippen LogP contribution in [0, 0.1) is 13.8 Å². The molecule has 0 radical (unpaired) electrons. The summed E-state index contributed by atoms with van der Waals surface area (Å²) in [6.07, 6.45) is 0. The van der Waals surface area contributed by atoms with Gasteiger partial charge in [0.2, 0.25) is 0 Å². The molecule has 0 fully saturated rings. The number of benzene rings is 2. The van der Waals surface area contributed by atoms with Crippen LogP contribution in [0.15, 0.2) is 52.9 Å². The van der Waals surface area contributed by atoms with Crippen LogP contribution in [0.3, 0.4) is 0 Å². The number of aliphatic hydroxyl groups excluding tert-OH is 1. The number of hydrogen-bond donors (Lipinski definition) is 2. The maximum atomic E-state index is 12.5. The molecule has 0 saturated carbocycles. The predicted octanol–water partition coefficient (Wildman–Crippen LogP) is 4.32. The Bertz CT molecular complexity index is 943. The van der Waals surface area contributed by atoms with Gasteiger partial charge in [-0.2, -0.15) is 0 Å². The summed E-state index contributed by atoms with van der Waals surface area (Å²) in [5.74, 6) is 1.47. The van der Waals surface area contributed by atoms with Crippen molar-refractivity contribution in [1.82, 2.24) is 0 Å². The molecule has 0 unspecified atom stereocenters. The number of carbonyl (C=O) groups excluding carboxylic acids is 1. The van der Waals surface area contributed by atoms with Gasteiger partial charge in [-0.1, -0.05) is 6.07 Å². The quantitative estimate of drug-likeness (QED) is 0.718. The fourth-order valence-corrected chi connectivity index (χ4v) is 2.67. The van der Waals surface area contributed by atoms with Gasteiger partial charge in [-0.15, -0.1) is 0 Å². The number of nitrogens with one attached hydrogen (secondary N) is 1. The Morgan fingerprint density at radius 2 is 1.88 bits per heavy atom. The summed E-state index contributed by atoms with van der Waals surface area (Å²) in [6.45, 7) is 3.82. The van der Waals surface area contributed by atoms with Crippen LogP contribution < -0.4 is 10.1 Å². The molecule has 2 N–H and O–H groups in total. The van der Waals surface area contributed by atoms with E-state index < -0.39 is 0 Å². The van der Waals surface area contributed by atoms with E-state index in [0.717, 1.165) is 11.1 Å². The number of ether oxygens (including phenoxy) is 1.